The van der Waals surface area contributed by atoms with Crippen molar-refractivity contribution in [2.75, 3.05) is 11.9 Å². The number of hydrogen-bond donors (Lipinski definition) is 3. The van der Waals surface area contributed by atoms with Crippen molar-refractivity contribution in [3.8, 4) is 0 Å². The number of carbonyl (C=O) groups is 2. The van der Waals surface area contributed by atoms with Crippen LogP contribution in [0, 0.1) is 5.92 Å². The Labute approximate surface area is 182 Å². The van der Waals surface area contributed by atoms with Gasteiger partial charge in [0.15, 0.2) is 11.2 Å². The van der Waals surface area contributed by atoms with E-state index in [1.165, 1.54) is 10.9 Å². The van der Waals surface area contributed by atoms with E-state index in [4.69, 9.17) is 9.47 Å². The Bertz CT molecular complexity index is 1190. The van der Waals surface area contributed by atoms with Crippen molar-refractivity contribution in [3.63, 3.8) is 0 Å². The summed E-state index contributed by atoms with van der Waals surface area (Å²) < 4.78 is 13.0. The summed E-state index contributed by atoms with van der Waals surface area (Å²) in [6.45, 7) is 3.07. The number of esters is 1. The molecule has 0 aliphatic carbocycles. The number of aromatic amines is 1. The first-order chi connectivity index (χ1) is 15.4. The van der Waals surface area contributed by atoms with Crippen LogP contribution in [0.15, 0.2) is 41.5 Å². The number of ether oxygens (including phenoxy) is 2. The van der Waals surface area contributed by atoms with E-state index in [2.05, 4.69) is 20.3 Å². The molecule has 0 spiro atoms. The van der Waals surface area contributed by atoms with Crippen LogP contribution in [-0.4, -0.2) is 55.3 Å². The van der Waals surface area contributed by atoms with E-state index in [0.717, 1.165) is 0 Å². The summed E-state index contributed by atoms with van der Waals surface area (Å²) in [7, 11) is 0. The van der Waals surface area contributed by atoms with E-state index in [-0.39, 0.29) is 42.0 Å². The van der Waals surface area contributed by atoms with Gasteiger partial charge in [0.05, 0.1) is 18.5 Å². The van der Waals surface area contributed by atoms with E-state index in [1.807, 2.05) is 0 Å². The lowest BCUT2D eigenvalue weighted by atomic mass is 10.1. The molecule has 0 unspecified atom stereocenters. The Morgan fingerprint density at radius 2 is 2.09 bits per heavy atom. The minimum atomic E-state index is -0.757. The van der Waals surface area contributed by atoms with Crippen molar-refractivity contribution >= 4 is 29.0 Å². The number of fused-ring (bicyclic) bond motifs is 1. The number of carbonyl (C=O) groups excluding carboxylic acids is 2. The number of aromatic nitrogens is 4. The summed E-state index contributed by atoms with van der Waals surface area (Å²) in [5, 5.41) is 12.3. The van der Waals surface area contributed by atoms with Crippen LogP contribution in [-0.2, 0) is 14.3 Å². The van der Waals surface area contributed by atoms with Gasteiger partial charge in [-0.25, -0.2) is 9.78 Å². The average molecular weight is 441 g/mol. The minimum absolute atomic E-state index is 0.00768. The maximum Gasteiger partial charge on any atom is 0.338 e. The van der Waals surface area contributed by atoms with E-state index in [0.29, 0.717) is 5.56 Å². The number of aliphatic hydroxyl groups is 1. The first-order valence-electron chi connectivity index (χ1n) is 10.2. The number of nitrogens with one attached hydrogen (secondary N) is 2. The number of benzene rings is 1. The van der Waals surface area contributed by atoms with Gasteiger partial charge < -0.3 is 14.6 Å². The molecular weight excluding hydrogens is 418 g/mol. The van der Waals surface area contributed by atoms with Crippen molar-refractivity contribution < 1.29 is 24.2 Å². The molecule has 32 heavy (non-hydrogen) atoms. The number of H-pyrrole nitrogens is 1. The van der Waals surface area contributed by atoms with Gasteiger partial charge in [-0.2, -0.15) is 4.98 Å². The Hall–Kier alpha value is -3.57. The largest absolute Gasteiger partial charge is 0.456 e. The van der Waals surface area contributed by atoms with Crippen molar-refractivity contribution in [1.29, 1.82) is 0 Å². The standard InChI is InChI=1S/C21H23N5O6/c1-11(2)18(28)24-21-23-17-16(19(29)25-21)22-10-26(17)15-8-13(14(9-27)31-15)32-20(30)12-6-4-3-5-7-12/h3-7,10-11,13-15,27H,8-9H2,1-2H3,(H2,23,24,25,28,29)/t13-,14-,15-/m0/s1. The number of nitrogens with zero attached hydrogens (tertiary/aromatic N) is 3. The first kappa shape index (κ1) is 21.7. The van der Waals surface area contributed by atoms with Crippen LogP contribution in [0.4, 0.5) is 5.95 Å². The van der Waals surface area contributed by atoms with Crippen molar-refractivity contribution in [1.82, 2.24) is 19.5 Å². The van der Waals surface area contributed by atoms with Gasteiger partial charge in [-0.3, -0.25) is 24.5 Å². The molecule has 1 fully saturated rings. The van der Waals surface area contributed by atoms with Gasteiger partial charge in [0.1, 0.15) is 18.4 Å². The second-order valence-corrected chi connectivity index (χ2v) is 7.74. The predicted octanol–water partition coefficient (Wildman–Crippen LogP) is 1.22. The molecule has 1 aliphatic rings. The number of amides is 1. The molecule has 1 amide bonds. The number of imidazole rings is 1. The van der Waals surface area contributed by atoms with E-state index in [9.17, 15) is 19.5 Å². The SMILES string of the molecule is CC(C)C(=O)Nc1nc2c(ncn2[C@@H]2C[C@H](OC(=O)c3ccccc3)[C@H](CO)O2)c(=O)[nH]1. The molecule has 3 N–H and O–H groups in total. The fourth-order valence-electron chi connectivity index (χ4n) is 3.40. The van der Waals surface area contributed by atoms with Crippen LogP contribution in [0.5, 0.6) is 0 Å². The molecule has 0 radical (unpaired) electrons. The number of hydrogen-bond acceptors (Lipinski definition) is 8. The van der Waals surface area contributed by atoms with Gasteiger partial charge in [-0.15, -0.1) is 0 Å². The first-order valence-corrected chi connectivity index (χ1v) is 10.2. The van der Waals surface area contributed by atoms with Crippen molar-refractivity contribution in [2.24, 2.45) is 5.92 Å². The Morgan fingerprint density at radius 3 is 2.78 bits per heavy atom. The van der Waals surface area contributed by atoms with Crippen molar-refractivity contribution in [2.45, 2.75) is 38.7 Å². The zero-order valence-corrected chi connectivity index (χ0v) is 17.5. The molecule has 11 nitrogen and oxygen atoms in total. The molecule has 0 saturated carbocycles. The van der Waals surface area contributed by atoms with Gasteiger partial charge in [-0.05, 0) is 12.1 Å². The lowest BCUT2D eigenvalue weighted by molar-refractivity contribution is -0.118. The lowest BCUT2D eigenvalue weighted by Gasteiger charge is -2.16. The topological polar surface area (TPSA) is 148 Å². The minimum Gasteiger partial charge on any atom is -0.456 e. The van der Waals surface area contributed by atoms with Crippen LogP contribution in [0.25, 0.3) is 11.2 Å². The zero-order valence-electron chi connectivity index (χ0n) is 17.5. The number of anilines is 1. The zero-order chi connectivity index (χ0) is 22.8. The second kappa shape index (κ2) is 8.89. The second-order valence-electron chi connectivity index (χ2n) is 7.74. The van der Waals surface area contributed by atoms with Gasteiger partial charge in [0.2, 0.25) is 11.9 Å². The third kappa shape index (κ3) is 4.25. The molecule has 1 saturated heterocycles. The van der Waals surface area contributed by atoms with Gasteiger partial charge in [0, 0.05) is 12.3 Å². The molecule has 3 heterocycles. The van der Waals surface area contributed by atoms with Crippen molar-refractivity contribution in [3.05, 3.63) is 52.6 Å². The third-order valence-corrected chi connectivity index (χ3v) is 5.14. The van der Waals surface area contributed by atoms with E-state index in [1.54, 1.807) is 44.2 Å². The smallest absolute Gasteiger partial charge is 0.338 e. The highest BCUT2D eigenvalue weighted by Gasteiger charge is 2.39. The van der Waals surface area contributed by atoms with E-state index < -0.39 is 30.0 Å². The maximum absolute atomic E-state index is 12.4. The molecule has 3 atom stereocenters. The maximum atomic E-state index is 12.4. The average Bonchev–Trinajstić information content (AvgIpc) is 3.38. The fourth-order valence-corrected chi connectivity index (χ4v) is 3.40. The molecule has 11 heteroatoms. The van der Waals surface area contributed by atoms with Crippen LogP contribution >= 0.6 is 0 Å². The Kier molecular flexibility index (Phi) is 6.01. The molecule has 0 bridgehead atoms. The highest BCUT2D eigenvalue weighted by atomic mass is 16.6. The summed E-state index contributed by atoms with van der Waals surface area (Å²) in [6, 6.07) is 8.51. The summed E-state index contributed by atoms with van der Waals surface area (Å²) in [5.41, 5.74) is 0.141. The van der Waals surface area contributed by atoms with Gasteiger partial charge in [0.25, 0.3) is 5.56 Å². The fraction of sp³-hybridized carbons (Fsp3) is 0.381. The summed E-state index contributed by atoms with van der Waals surface area (Å²) in [6.07, 6.45) is -0.544. The van der Waals surface area contributed by atoms with Gasteiger partial charge in [-0.1, -0.05) is 32.0 Å². The molecule has 1 aromatic carbocycles. The molecule has 1 aliphatic heterocycles. The normalized spacial score (nSPS) is 20.6. The highest BCUT2D eigenvalue weighted by molar-refractivity contribution is 5.91. The van der Waals surface area contributed by atoms with Crippen LogP contribution in [0.1, 0.15) is 36.9 Å². The van der Waals surface area contributed by atoms with Crippen LogP contribution < -0.4 is 10.9 Å². The quantitative estimate of drug-likeness (QED) is 0.484. The van der Waals surface area contributed by atoms with Crippen LogP contribution in [0.3, 0.4) is 0 Å². The summed E-state index contributed by atoms with van der Waals surface area (Å²) in [5.74, 6) is -1.14. The molecule has 2 aromatic heterocycles. The predicted molar refractivity (Wildman–Crippen MR) is 113 cm³/mol. The third-order valence-electron chi connectivity index (χ3n) is 5.14. The summed E-state index contributed by atoms with van der Waals surface area (Å²) >= 11 is 0. The van der Waals surface area contributed by atoms with E-state index >= 15 is 0 Å². The summed E-state index contributed by atoms with van der Waals surface area (Å²) in [4.78, 5) is 47.7. The molecule has 168 valence electrons. The van der Waals surface area contributed by atoms with Crippen LogP contribution in [0.2, 0.25) is 0 Å². The highest BCUT2D eigenvalue weighted by Crippen LogP contribution is 2.32. The Morgan fingerprint density at radius 1 is 1.34 bits per heavy atom. The number of aliphatic hydroxyl groups excluding tert-OH is 1. The molecular formula is C21H23N5O6. The molecule has 4 rings (SSSR count). The lowest BCUT2D eigenvalue weighted by Crippen LogP contribution is -2.30. The Balaban J connectivity index is 1.58. The number of rotatable bonds is 6. The monoisotopic (exact) mass is 441 g/mol. The van der Waals surface area contributed by atoms with Gasteiger partial charge >= 0.3 is 5.97 Å². The molecule has 3 aromatic rings.